The maximum absolute atomic E-state index is 14.4. The Hall–Kier alpha value is -4.16. The standard InChI is InChI=1S/C33H40ClN3O8S/c1-22(33(39)35-25-11-6-7-12-25)36(20-23-9-8-10-24(34)17-23)32(38)21-37(28-18-26(42-2)13-15-29(28)43-3)46(40,41)27-14-16-30(44-4)31(19-27)45-5/h8-10,13-19,22,25H,6-7,11-12,20-21H2,1-5H3,(H,35,39)/t22-/m0/s1. The molecule has 1 aliphatic carbocycles. The number of carbonyl (C=O) groups excluding carboxylic acids is 2. The summed E-state index contributed by atoms with van der Waals surface area (Å²) in [5.74, 6) is 0.102. The molecule has 1 saturated carbocycles. The Morgan fingerprint density at radius 3 is 2.20 bits per heavy atom. The van der Waals surface area contributed by atoms with E-state index in [1.165, 1.54) is 57.6 Å². The van der Waals surface area contributed by atoms with Crippen LogP contribution in [0, 0.1) is 0 Å². The van der Waals surface area contributed by atoms with Crippen LogP contribution in [0.5, 0.6) is 23.0 Å². The van der Waals surface area contributed by atoms with Crippen molar-refractivity contribution in [3.63, 3.8) is 0 Å². The Labute approximate surface area is 275 Å². The highest BCUT2D eigenvalue weighted by Gasteiger charge is 2.35. The van der Waals surface area contributed by atoms with Crippen LogP contribution in [0.1, 0.15) is 38.2 Å². The molecule has 3 aromatic rings. The molecular formula is C33H40ClN3O8S. The van der Waals surface area contributed by atoms with Crippen molar-refractivity contribution in [3.8, 4) is 23.0 Å². The van der Waals surface area contributed by atoms with Crippen LogP contribution in [-0.2, 0) is 26.2 Å². The third-order valence-electron chi connectivity index (χ3n) is 7.99. The van der Waals surface area contributed by atoms with Gasteiger partial charge in [0.2, 0.25) is 11.8 Å². The van der Waals surface area contributed by atoms with Gasteiger partial charge < -0.3 is 29.2 Å². The van der Waals surface area contributed by atoms with E-state index in [1.807, 2.05) is 0 Å². The maximum atomic E-state index is 14.4. The number of ether oxygens (including phenoxy) is 4. The predicted molar refractivity (Wildman–Crippen MR) is 175 cm³/mol. The molecule has 1 aliphatic rings. The maximum Gasteiger partial charge on any atom is 0.265 e. The lowest BCUT2D eigenvalue weighted by Crippen LogP contribution is -2.52. The fourth-order valence-electron chi connectivity index (χ4n) is 5.42. The van der Waals surface area contributed by atoms with Crippen molar-refractivity contribution in [3.05, 3.63) is 71.2 Å². The van der Waals surface area contributed by atoms with Gasteiger partial charge in [-0.2, -0.15) is 0 Å². The summed E-state index contributed by atoms with van der Waals surface area (Å²) in [4.78, 5) is 29.0. The van der Waals surface area contributed by atoms with Crippen molar-refractivity contribution < 1.29 is 37.0 Å². The van der Waals surface area contributed by atoms with E-state index in [0.29, 0.717) is 22.1 Å². The van der Waals surface area contributed by atoms with Crippen molar-refractivity contribution in [1.29, 1.82) is 0 Å². The molecule has 0 saturated heterocycles. The van der Waals surface area contributed by atoms with Crippen LogP contribution in [0.4, 0.5) is 5.69 Å². The molecule has 0 radical (unpaired) electrons. The highest BCUT2D eigenvalue weighted by atomic mass is 35.5. The van der Waals surface area contributed by atoms with E-state index in [1.54, 1.807) is 43.3 Å². The Morgan fingerprint density at radius 2 is 1.57 bits per heavy atom. The molecule has 46 heavy (non-hydrogen) atoms. The zero-order valence-electron chi connectivity index (χ0n) is 26.6. The summed E-state index contributed by atoms with van der Waals surface area (Å²) >= 11 is 6.25. The lowest BCUT2D eigenvalue weighted by Gasteiger charge is -2.33. The van der Waals surface area contributed by atoms with Gasteiger partial charge in [0.15, 0.2) is 11.5 Å². The van der Waals surface area contributed by atoms with E-state index in [9.17, 15) is 18.0 Å². The second-order valence-corrected chi connectivity index (χ2v) is 13.2. The first kappa shape index (κ1) is 34.7. The Bertz CT molecular complexity index is 1650. The molecule has 3 aromatic carbocycles. The summed E-state index contributed by atoms with van der Waals surface area (Å²) in [5, 5.41) is 3.52. The van der Waals surface area contributed by atoms with Gasteiger partial charge in [-0.1, -0.05) is 36.6 Å². The number of carbonyl (C=O) groups is 2. The fourth-order valence-corrected chi connectivity index (χ4v) is 7.06. The smallest absolute Gasteiger partial charge is 0.265 e. The molecule has 248 valence electrons. The molecule has 1 N–H and O–H groups in total. The minimum atomic E-state index is -4.45. The van der Waals surface area contributed by atoms with E-state index in [2.05, 4.69) is 5.32 Å². The van der Waals surface area contributed by atoms with Gasteiger partial charge in [0.25, 0.3) is 10.0 Å². The predicted octanol–water partition coefficient (Wildman–Crippen LogP) is 5.05. The topological polar surface area (TPSA) is 124 Å². The first-order chi connectivity index (χ1) is 22.0. The monoisotopic (exact) mass is 673 g/mol. The van der Waals surface area contributed by atoms with Gasteiger partial charge in [-0.3, -0.25) is 13.9 Å². The largest absolute Gasteiger partial charge is 0.497 e. The molecule has 4 rings (SSSR count). The van der Waals surface area contributed by atoms with Gasteiger partial charge in [0, 0.05) is 29.7 Å². The molecule has 2 amide bonds. The van der Waals surface area contributed by atoms with Crippen molar-refractivity contribution in [2.75, 3.05) is 39.3 Å². The molecule has 0 aromatic heterocycles. The van der Waals surface area contributed by atoms with E-state index >= 15 is 0 Å². The Balaban J connectivity index is 1.79. The number of methoxy groups -OCH3 is 4. The lowest BCUT2D eigenvalue weighted by atomic mass is 10.1. The first-order valence-electron chi connectivity index (χ1n) is 14.8. The van der Waals surface area contributed by atoms with Crippen LogP contribution in [0.15, 0.2) is 65.6 Å². The number of amides is 2. The molecule has 0 aliphatic heterocycles. The highest BCUT2D eigenvalue weighted by Crippen LogP contribution is 2.38. The quantitative estimate of drug-likeness (QED) is 0.252. The van der Waals surface area contributed by atoms with Crippen LogP contribution in [0.2, 0.25) is 5.02 Å². The van der Waals surface area contributed by atoms with Crippen LogP contribution in [0.25, 0.3) is 0 Å². The second-order valence-electron chi connectivity index (χ2n) is 10.9. The molecule has 1 fully saturated rings. The average Bonchev–Trinajstić information content (AvgIpc) is 3.57. The van der Waals surface area contributed by atoms with Gasteiger partial charge in [-0.25, -0.2) is 8.42 Å². The van der Waals surface area contributed by atoms with Gasteiger partial charge in [0.05, 0.1) is 39.0 Å². The summed E-state index contributed by atoms with van der Waals surface area (Å²) in [7, 11) is 1.23. The number of benzene rings is 3. The zero-order chi connectivity index (χ0) is 33.4. The molecule has 0 spiro atoms. The third kappa shape index (κ3) is 7.97. The summed E-state index contributed by atoms with van der Waals surface area (Å²) in [6, 6.07) is 14.8. The third-order valence-corrected chi connectivity index (χ3v) is 9.98. The molecule has 0 heterocycles. The number of nitrogens with one attached hydrogen (secondary N) is 1. The van der Waals surface area contributed by atoms with Crippen LogP contribution in [-0.4, -0.2) is 72.2 Å². The molecule has 0 unspecified atom stereocenters. The number of halogens is 1. The van der Waals surface area contributed by atoms with Crippen LogP contribution >= 0.6 is 11.6 Å². The summed E-state index contributed by atoms with van der Waals surface area (Å²) in [6.07, 6.45) is 3.78. The van der Waals surface area contributed by atoms with Crippen LogP contribution < -0.4 is 28.6 Å². The number of anilines is 1. The number of hydrogen-bond acceptors (Lipinski definition) is 8. The van der Waals surface area contributed by atoms with E-state index < -0.39 is 28.5 Å². The molecular weight excluding hydrogens is 634 g/mol. The van der Waals surface area contributed by atoms with Crippen molar-refractivity contribution in [1.82, 2.24) is 10.2 Å². The summed E-state index contributed by atoms with van der Waals surface area (Å²) in [6.45, 7) is 0.978. The zero-order valence-corrected chi connectivity index (χ0v) is 28.2. The molecule has 11 nitrogen and oxygen atoms in total. The van der Waals surface area contributed by atoms with Gasteiger partial charge in [-0.05, 0) is 61.7 Å². The SMILES string of the molecule is COc1ccc(OC)c(N(CC(=O)N(Cc2cccc(Cl)c2)[C@@H](C)C(=O)NC2CCCC2)S(=O)(=O)c2ccc(OC)c(OC)c2)c1. The van der Waals surface area contributed by atoms with E-state index in [-0.39, 0.29) is 40.6 Å². The van der Waals surface area contributed by atoms with E-state index in [4.69, 9.17) is 30.5 Å². The van der Waals surface area contributed by atoms with Gasteiger partial charge in [0.1, 0.15) is 24.1 Å². The van der Waals surface area contributed by atoms with Crippen molar-refractivity contribution in [2.24, 2.45) is 0 Å². The van der Waals surface area contributed by atoms with Crippen molar-refractivity contribution >= 4 is 39.1 Å². The van der Waals surface area contributed by atoms with Crippen molar-refractivity contribution in [2.45, 2.75) is 56.1 Å². The molecule has 1 atom stereocenters. The minimum absolute atomic E-state index is 0.0120. The lowest BCUT2D eigenvalue weighted by molar-refractivity contribution is -0.139. The number of rotatable bonds is 14. The molecule has 13 heteroatoms. The number of sulfonamides is 1. The Morgan fingerprint density at radius 1 is 0.891 bits per heavy atom. The fraction of sp³-hybridized carbons (Fsp3) is 0.394. The molecule has 0 bridgehead atoms. The first-order valence-corrected chi connectivity index (χ1v) is 16.6. The summed E-state index contributed by atoms with van der Waals surface area (Å²) < 4.78 is 51.4. The number of hydrogen-bond donors (Lipinski definition) is 1. The highest BCUT2D eigenvalue weighted by molar-refractivity contribution is 7.92. The second kappa shape index (κ2) is 15.4. The van der Waals surface area contributed by atoms with E-state index in [0.717, 1.165) is 30.0 Å². The van der Waals surface area contributed by atoms with Crippen LogP contribution in [0.3, 0.4) is 0 Å². The number of nitrogens with zero attached hydrogens (tertiary/aromatic N) is 2. The Kier molecular flexibility index (Phi) is 11.6. The average molecular weight is 674 g/mol. The minimum Gasteiger partial charge on any atom is -0.497 e. The van der Waals surface area contributed by atoms with Gasteiger partial charge in [-0.15, -0.1) is 0 Å². The van der Waals surface area contributed by atoms with Gasteiger partial charge >= 0.3 is 0 Å². The summed E-state index contributed by atoms with van der Waals surface area (Å²) in [5.41, 5.74) is 0.741. The normalized spacial score (nSPS) is 13.9.